The van der Waals surface area contributed by atoms with E-state index < -0.39 is 5.82 Å². The molecule has 0 aromatic heterocycles. The van der Waals surface area contributed by atoms with E-state index >= 15 is 0 Å². The van der Waals surface area contributed by atoms with Gasteiger partial charge in [-0.2, -0.15) is 5.26 Å². The quantitative estimate of drug-likeness (QED) is 0.862. The van der Waals surface area contributed by atoms with Gasteiger partial charge in [0.2, 0.25) is 0 Å². The summed E-state index contributed by atoms with van der Waals surface area (Å²) in [7, 11) is 0. The molecular formula is C15H17ClFN3O. The highest BCUT2D eigenvalue weighted by Gasteiger charge is 2.26. The molecule has 4 nitrogen and oxygen atoms in total. The summed E-state index contributed by atoms with van der Waals surface area (Å²) in [5.74, 6) is -0.899. The zero-order valence-electron chi connectivity index (χ0n) is 11.9. The lowest BCUT2D eigenvalue weighted by Gasteiger charge is -2.37. The van der Waals surface area contributed by atoms with Crippen LogP contribution in [-0.4, -0.2) is 47.9 Å². The molecule has 0 radical (unpaired) electrons. The average molecular weight is 310 g/mol. The van der Waals surface area contributed by atoms with Crippen LogP contribution in [0.5, 0.6) is 0 Å². The second-order valence-electron chi connectivity index (χ2n) is 5.16. The fraction of sp³-hybridized carbons (Fsp3) is 0.467. The van der Waals surface area contributed by atoms with E-state index in [0.29, 0.717) is 32.6 Å². The van der Waals surface area contributed by atoms with Crippen LogP contribution < -0.4 is 0 Å². The molecule has 0 spiro atoms. The summed E-state index contributed by atoms with van der Waals surface area (Å²) in [6.45, 7) is 4.47. The minimum atomic E-state index is -0.590. The van der Waals surface area contributed by atoms with Crippen LogP contribution in [0.1, 0.15) is 23.7 Å². The lowest BCUT2D eigenvalue weighted by Crippen LogP contribution is -2.51. The Bertz CT molecular complexity index is 565. The van der Waals surface area contributed by atoms with Crippen LogP contribution in [0.3, 0.4) is 0 Å². The maximum Gasteiger partial charge on any atom is 0.256 e. The molecule has 1 atom stereocenters. The number of hydrogen-bond acceptors (Lipinski definition) is 3. The molecule has 0 saturated carbocycles. The molecule has 2 rings (SSSR count). The first-order valence-electron chi connectivity index (χ1n) is 6.88. The van der Waals surface area contributed by atoms with Crippen LogP contribution in [0.2, 0.25) is 5.02 Å². The number of carbonyl (C=O) groups excluding carboxylic acids is 1. The topological polar surface area (TPSA) is 47.3 Å². The van der Waals surface area contributed by atoms with Gasteiger partial charge < -0.3 is 4.90 Å². The van der Waals surface area contributed by atoms with Gasteiger partial charge in [-0.05, 0) is 25.1 Å². The molecule has 1 heterocycles. The molecular weight excluding hydrogens is 293 g/mol. The van der Waals surface area contributed by atoms with E-state index in [1.807, 2.05) is 6.92 Å². The number of rotatable bonds is 3. The molecule has 1 aromatic rings. The van der Waals surface area contributed by atoms with Gasteiger partial charge in [0.1, 0.15) is 5.82 Å². The van der Waals surface area contributed by atoms with Gasteiger partial charge in [0.05, 0.1) is 18.1 Å². The van der Waals surface area contributed by atoms with Crippen LogP contribution >= 0.6 is 11.6 Å². The van der Waals surface area contributed by atoms with Gasteiger partial charge in [-0.15, -0.1) is 0 Å². The molecule has 1 fully saturated rings. The maximum atomic E-state index is 13.8. The Balaban J connectivity index is 1.99. The zero-order chi connectivity index (χ0) is 15.4. The number of halogens is 2. The third-order valence-electron chi connectivity index (χ3n) is 3.77. The van der Waals surface area contributed by atoms with Gasteiger partial charge in [-0.25, -0.2) is 4.39 Å². The van der Waals surface area contributed by atoms with E-state index in [1.165, 1.54) is 12.1 Å². The third-order valence-corrected chi connectivity index (χ3v) is 4.01. The summed E-state index contributed by atoms with van der Waals surface area (Å²) in [5, 5.41) is 8.99. The van der Waals surface area contributed by atoms with Gasteiger partial charge in [0.25, 0.3) is 5.91 Å². The fourth-order valence-corrected chi connectivity index (χ4v) is 2.62. The summed E-state index contributed by atoms with van der Waals surface area (Å²) in [5.41, 5.74) is 0.0536. The van der Waals surface area contributed by atoms with Crippen molar-refractivity contribution in [3.63, 3.8) is 0 Å². The number of piperazine rings is 1. The van der Waals surface area contributed by atoms with Crippen molar-refractivity contribution in [1.29, 1.82) is 5.26 Å². The molecule has 6 heteroatoms. The first kappa shape index (κ1) is 15.7. The number of nitrogens with zero attached hydrogens (tertiary/aromatic N) is 3. The van der Waals surface area contributed by atoms with E-state index in [-0.39, 0.29) is 22.5 Å². The molecule has 1 amide bonds. The van der Waals surface area contributed by atoms with Crippen LogP contribution in [0, 0.1) is 17.1 Å². The van der Waals surface area contributed by atoms with E-state index in [9.17, 15) is 9.18 Å². The third kappa shape index (κ3) is 3.72. The van der Waals surface area contributed by atoms with E-state index in [1.54, 1.807) is 4.90 Å². The molecule has 0 unspecified atom stereocenters. The number of amides is 1. The average Bonchev–Trinajstić information content (AvgIpc) is 2.47. The molecule has 1 aliphatic heterocycles. The minimum Gasteiger partial charge on any atom is -0.336 e. The highest BCUT2D eigenvalue weighted by molar-refractivity contribution is 6.30. The Morgan fingerprint density at radius 2 is 2.10 bits per heavy atom. The van der Waals surface area contributed by atoms with Gasteiger partial charge in [0, 0.05) is 37.2 Å². The minimum absolute atomic E-state index is 0.0536. The SMILES string of the molecule is C[C@H](CC#N)N1CCN(C(=O)c2ccc(Cl)cc2F)CC1. The maximum absolute atomic E-state index is 13.8. The van der Waals surface area contributed by atoms with Crippen molar-refractivity contribution in [1.82, 2.24) is 9.80 Å². The monoisotopic (exact) mass is 309 g/mol. The van der Waals surface area contributed by atoms with E-state index in [0.717, 1.165) is 6.07 Å². The predicted octanol–water partition coefficient (Wildman–Crippen LogP) is 2.54. The Labute approximate surface area is 128 Å². The second kappa shape index (κ2) is 6.88. The summed E-state index contributed by atoms with van der Waals surface area (Å²) in [4.78, 5) is 16.1. The molecule has 1 aliphatic rings. The predicted molar refractivity (Wildman–Crippen MR) is 78.6 cm³/mol. The van der Waals surface area contributed by atoms with Crippen molar-refractivity contribution in [3.05, 3.63) is 34.6 Å². The second-order valence-corrected chi connectivity index (χ2v) is 5.60. The van der Waals surface area contributed by atoms with Crippen LogP contribution in [-0.2, 0) is 0 Å². The van der Waals surface area contributed by atoms with Crippen molar-refractivity contribution in [3.8, 4) is 6.07 Å². The smallest absolute Gasteiger partial charge is 0.256 e. The van der Waals surface area contributed by atoms with Gasteiger partial charge >= 0.3 is 0 Å². The lowest BCUT2D eigenvalue weighted by molar-refractivity contribution is 0.0581. The molecule has 0 N–H and O–H groups in total. The molecule has 0 bridgehead atoms. The fourth-order valence-electron chi connectivity index (χ4n) is 2.46. The van der Waals surface area contributed by atoms with Gasteiger partial charge in [-0.3, -0.25) is 9.69 Å². The summed E-state index contributed by atoms with van der Waals surface area (Å²) in [6.07, 6.45) is 0.472. The van der Waals surface area contributed by atoms with Crippen LogP contribution in [0.15, 0.2) is 18.2 Å². The van der Waals surface area contributed by atoms with E-state index in [4.69, 9.17) is 16.9 Å². The lowest BCUT2D eigenvalue weighted by atomic mass is 10.1. The Hall–Kier alpha value is -1.64. The Morgan fingerprint density at radius 1 is 1.43 bits per heavy atom. The normalized spacial score (nSPS) is 17.3. The summed E-state index contributed by atoms with van der Waals surface area (Å²) >= 11 is 5.69. The van der Waals surface area contributed by atoms with Crippen molar-refractivity contribution < 1.29 is 9.18 Å². The molecule has 112 valence electrons. The largest absolute Gasteiger partial charge is 0.336 e. The highest BCUT2D eigenvalue weighted by Crippen LogP contribution is 2.18. The first-order chi connectivity index (χ1) is 10.0. The number of carbonyl (C=O) groups is 1. The Morgan fingerprint density at radius 3 is 2.67 bits per heavy atom. The van der Waals surface area contributed by atoms with Crippen molar-refractivity contribution in [2.45, 2.75) is 19.4 Å². The first-order valence-corrected chi connectivity index (χ1v) is 7.26. The van der Waals surface area contributed by atoms with Gasteiger partial charge in [-0.1, -0.05) is 11.6 Å². The van der Waals surface area contributed by atoms with Crippen molar-refractivity contribution in [2.24, 2.45) is 0 Å². The van der Waals surface area contributed by atoms with Crippen molar-refractivity contribution in [2.75, 3.05) is 26.2 Å². The molecule has 0 aliphatic carbocycles. The molecule has 21 heavy (non-hydrogen) atoms. The summed E-state index contributed by atoms with van der Waals surface area (Å²) < 4.78 is 13.8. The van der Waals surface area contributed by atoms with Crippen molar-refractivity contribution >= 4 is 17.5 Å². The zero-order valence-corrected chi connectivity index (χ0v) is 12.6. The van der Waals surface area contributed by atoms with Gasteiger partial charge in [0.15, 0.2) is 0 Å². The van der Waals surface area contributed by atoms with E-state index in [2.05, 4.69) is 11.0 Å². The molecule has 1 saturated heterocycles. The van der Waals surface area contributed by atoms with Crippen LogP contribution in [0.4, 0.5) is 4.39 Å². The standard InChI is InChI=1S/C15H17ClFN3O/c1-11(4-5-18)19-6-8-20(9-7-19)15(21)13-3-2-12(16)10-14(13)17/h2-3,10-11H,4,6-9H2,1H3/t11-/m1/s1. The highest BCUT2D eigenvalue weighted by atomic mass is 35.5. The number of hydrogen-bond donors (Lipinski definition) is 0. The number of benzene rings is 1. The number of nitriles is 1. The van der Waals surface area contributed by atoms with Crippen LogP contribution in [0.25, 0.3) is 0 Å². The summed E-state index contributed by atoms with van der Waals surface area (Å²) in [6, 6.07) is 6.42. The molecule has 1 aromatic carbocycles. The Kier molecular flexibility index (Phi) is 5.16.